The molecule has 2 N–H and O–H groups in total. The molecule has 16 heavy (non-hydrogen) atoms. The van der Waals surface area contributed by atoms with E-state index >= 15 is 0 Å². The molecule has 0 bridgehead atoms. The van der Waals surface area contributed by atoms with E-state index in [1.807, 2.05) is 17.9 Å². The van der Waals surface area contributed by atoms with E-state index in [0.717, 1.165) is 31.4 Å². The molecule has 1 heterocycles. The summed E-state index contributed by atoms with van der Waals surface area (Å²) in [6.07, 6.45) is 5.15. The van der Waals surface area contributed by atoms with Gasteiger partial charge in [0.05, 0.1) is 0 Å². The first-order valence-corrected chi connectivity index (χ1v) is 6.27. The highest BCUT2D eigenvalue weighted by Gasteiger charge is 2.28. The second kappa shape index (κ2) is 6.04. The molecule has 0 saturated carbocycles. The zero-order valence-electron chi connectivity index (χ0n) is 10.7. The molecule has 0 radical (unpaired) electrons. The van der Waals surface area contributed by atoms with Crippen molar-refractivity contribution in [3.8, 4) is 0 Å². The van der Waals surface area contributed by atoms with Gasteiger partial charge in [-0.25, -0.2) is 0 Å². The SMILES string of the molecule is CCC=C(C)C(=O)N1CC(CN)CCC1C. The van der Waals surface area contributed by atoms with Crippen molar-refractivity contribution in [2.24, 2.45) is 11.7 Å². The van der Waals surface area contributed by atoms with E-state index in [1.54, 1.807) is 0 Å². The maximum atomic E-state index is 12.2. The smallest absolute Gasteiger partial charge is 0.249 e. The van der Waals surface area contributed by atoms with Gasteiger partial charge in [-0.2, -0.15) is 0 Å². The summed E-state index contributed by atoms with van der Waals surface area (Å²) in [4.78, 5) is 14.2. The van der Waals surface area contributed by atoms with Crippen molar-refractivity contribution in [3.63, 3.8) is 0 Å². The Morgan fingerprint density at radius 3 is 2.75 bits per heavy atom. The Morgan fingerprint density at radius 2 is 2.19 bits per heavy atom. The summed E-state index contributed by atoms with van der Waals surface area (Å²) >= 11 is 0. The fourth-order valence-electron chi connectivity index (χ4n) is 2.28. The number of piperidine rings is 1. The highest BCUT2D eigenvalue weighted by atomic mass is 16.2. The largest absolute Gasteiger partial charge is 0.336 e. The summed E-state index contributed by atoms with van der Waals surface area (Å²) in [5, 5.41) is 0. The lowest BCUT2D eigenvalue weighted by atomic mass is 9.93. The van der Waals surface area contributed by atoms with Crippen molar-refractivity contribution in [1.29, 1.82) is 0 Å². The Hall–Kier alpha value is -0.830. The summed E-state index contributed by atoms with van der Waals surface area (Å²) in [6, 6.07) is 0.357. The highest BCUT2D eigenvalue weighted by molar-refractivity contribution is 5.93. The molecule has 3 nitrogen and oxygen atoms in total. The lowest BCUT2D eigenvalue weighted by molar-refractivity contribution is -0.131. The third-order valence-electron chi connectivity index (χ3n) is 3.42. The lowest BCUT2D eigenvalue weighted by Gasteiger charge is -2.38. The van der Waals surface area contributed by atoms with Gasteiger partial charge in [-0.3, -0.25) is 4.79 Å². The molecular weight excluding hydrogens is 200 g/mol. The van der Waals surface area contributed by atoms with Crippen LogP contribution in [0.1, 0.15) is 40.0 Å². The molecule has 0 aliphatic carbocycles. The normalized spacial score (nSPS) is 27.0. The van der Waals surface area contributed by atoms with Gasteiger partial charge in [-0.05, 0) is 45.6 Å². The molecule has 1 fully saturated rings. The number of nitrogens with zero attached hydrogens (tertiary/aromatic N) is 1. The number of carbonyl (C=O) groups excluding carboxylic acids is 1. The number of carbonyl (C=O) groups is 1. The van der Waals surface area contributed by atoms with Crippen LogP contribution < -0.4 is 5.73 Å². The van der Waals surface area contributed by atoms with Gasteiger partial charge >= 0.3 is 0 Å². The zero-order chi connectivity index (χ0) is 12.1. The van der Waals surface area contributed by atoms with E-state index in [0.29, 0.717) is 18.5 Å². The van der Waals surface area contributed by atoms with Gasteiger partial charge in [0, 0.05) is 18.2 Å². The van der Waals surface area contributed by atoms with Crippen molar-refractivity contribution in [2.75, 3.05) is 13.1 Å². The molecule has 1 rings (SSSR count). The number of hydrogen-bond donors (Lipinski definition) is 1. The van der Waals surface area contributed by atoms with Gasteiger partial charge in [0.15, 0.2) is 0 Å². The van der Waals surface area contributed by atoms with Gasteiger partial charge in [0.25, 0.3) is 0 Å². The number of nitrogens with two attached hydrogens (primary N) is 1. The van der Waals surface area contributed by atoms with Crippen LogP contribution in [0.5, 0.6) is 0 Å². The Morgan fingerprint density at radius 1 is 1.50 bits per heavy atom. The van der Waals surface area contributed by atoms with Gasteiger partial charge in [-0.1, -0.05) is 13.0 Å². The summed E-state index contributed by atoms with van der Waals surface area (Å²) < 4.78 is 0. The van der Waals surface area contributed by atoms with E-state index in [9.17, 15) is 4.79 Å². The van der Waals surface area contributed by atoms with Gasteiger partial charge < -0.3 is 10.6 Å². The molecule has 0 spiro atoms. The van der Waals surface area contributed by atoms with Crippen LogP contribution in [-0.4, -0.2) is 29.9 Å². The molecular formula is C13H24N2O. The second-order valence-corrected chi connectivity index (χ2v) is 4.78. The Bertz CT molecular complexity index is 273. The van der Waals surface area contributed by atoms with Crippen molar-refractivity contribution >= 4 is 5.91 Å². The average molecular weight is 224 g/mol. The summed E-state index contributed by atoms with van der Waals surface area (Å²) in [5.74, 6) is 0.669. The molecule has 0 aromatic rings. The van der Waals surface area contributed by atoms with E-state index in [-0.39, 0.29) is 5.91 Å². The van der Waals surface area contributed by atoms with Gasteiger partial charge in [0.2, 0.25) is 5.91 Å². The van der Waals surface area contributed by atoms with Crippen LogP contribution in [0.15, 0.2) is 11.6 Å². The lowest BCUT2D eigenvalue weighted by Crippen LogP contribution is -2.47. The minimum atomic E-state index is 0.188. The highest BCUT2D eigenvalue weighted by Crippen LogP contribution is 2.22. The Labute approximate surface area is 98.7 Å². The van der Waals surface area contributed by atoms with Crippen LogP contribution in [0.2, 0.25) is 0 Å². The summed E-state index contributed by atoms with van der Waals surface area (Å²) in [6.45, 7) is 7.60. The van der Waals surface area contributed by atoms with Crippen LogP contribution in [0.4, 0.5) is 0 Å². The maximum Gasteiger partial charge on any atom is 0.249 e. The first-order chi connectivity index (χ1) is 7.60. The third kappa shape index (κ3) is 3.08. The zero-order valence-corrected chi connectivity index (χ0v) is 10.7. The topological polar surface area (TPSA) is 46.3 Å². The van der Waals surface area contributed by atoms with Gasteiger partial charge in [0.1, 0.15) is 0 Å². The second-order valence-electron chi connectivity index (χ2n) is 4.78. The molecule has 0 aromatic heterocycles. The molecule has 2 unspecified atom stereocenters. The van der Waals surface area contributed by atoms with Crippen molar-refractivity contribution in [1.82, 2.24) is 4.90 Å². The third-order valence-corrected chi connectivity index (χ3v) is 3.42. The van der Waals surface area contributed by atoms with Crippen molar-refractivity contribution < 1.29 is 4.79 Å². The maximum absolute atomic E-state index is 12.2. The van der Waals surface area contributed by atoms with E-state index in [2.05, 4.69) is 13.8 Å². The first-order valence-electron chi connectivity index (χ1n) is 6.27. The molecule has 92 valence electrons. The predicted octanol–water partition coefficient (Wildman–Crippen LogP) is 1.93. The number of likely N-dealkylation sites (tertiary alicyclic amines) is 1. The van der Waals surface area contributed by atoms with Gasteiger partial charge in [-0.15, -0.1) is 0 Å². The quantitative estimate of drug-likeness (QED) is 0.745. The molecule has 1 amide bonds. The summed E-state index contributed by atoms with van der Waals surface area (Å²) in [7, 11) is 0. The fourth-order valence-corrected chi connectivity index (χ4v) is 2.28. The van der Waals surface area contributed by atoms with Crippen LogP contribution >= 0.6 is 0 Å². The Balaban J connectivity index is 2.69. The van der Waals surface area contributed by atoms with E-state index < -0.39 is 0 Å². The van der Waals surface area contributed by atoms with E-state index in [1.165, 1.54) is 0 Å². The monoisotopic (exact) mass is 224 g/mol. The Kier molecular flexibility index (Phi) is 5.00. The number of amides is 1. The van der Waals surface area contributed by atoms with Crippen LogP contribution in [-0.2, 0) is 4.79 Å². The predicted molar refractivity (Wildman–Crippen MR) is 67.0 cm³/mol. The van der Waals surface area contributed by atoms with Crippen molar-refractivity contribution in [3.05, 3.63) is 11.6 Å². The van der Waals surface area contributed by atoms with Crippen LogP contribution in [0.25, 0.3) is 0 Å². The molecule has 1 saturated heterocycles. The van der Waals surface area contributed by atoms with Crippen molar-refractivity contribution in [2.45, 2.75) is 46.1 Å². The molecule has 3 heteroatoms. The number of hydrogen-bond acceptors (Lipinski definition) is 2. The number of allylic oxidation sites excluding steroid dienone is 1. The standard InChI is InChI=1S/C13H24N2O/c1-4-5-10(2)13(16)15-9-12(8-14)7-6-11(15)3/h5,11-12H,4,6-9,14H2,1-3H3. The first kappa shape index (κ1) is 13.2. The molecule has 0 aromatic carbocycles. The molecule has 2 atom stereocenters. The summed E-state index contributed by atoms with van der Waals surface area (Å²) in [5.41, 5.74) is 6.56. The number of rotatable bonds is 3. The van der Waals surface area contributed by atoms with Crippen LogP contribution in [0.3, 0.4) is 0 Å². The average Bonchev–Trinajstić information content (AvgIpc) is 2.29. The molecule has 1 aliphatic heterocycles. The minimum absolute atomic E-state index is 0.188. The fraction of sp³-hybridized carbons (Fsp3) is 0.769. The molecule has 1 aliphatic rings. The minimum Gasteiger partial charge on any atom is -0.336 e. The van der Waals surface area contributed by atoms with E-state index in [4.69, 9.17) is 5.73 Å². The van der Waals surface area contributed by atoms with Crippen LogP contribution in [0, 0.1) is 5.92 Å².